The summed E-state index contributed by atoms with van der Waals surface area (Å²) in [6.07, 6.45) is 6.00. The molecule has 1 atom stereocenters. The zero-order chi connectivity index (χ0) is 23.5. The second-order valence-corrected chi connectivity index (χ2v) is 8.55. The molecule has 172 valence electrons. The first-order chi connectivity index (χ1) is 16.6. The number of piperidine rings is 1. The molecule has 5 rings (SSSR count). The molecule has 1 fully saturated rings. The minimum absolute atomic E-state index is 0.0364. The van der Waals surface area contributed by atoms with Gasteiger partial charge in [0.2, 0.25) is 5.88 Å². The van der Waals surface area contributed by atoms with E-state index in [-0.39, 0.29) is 11.9 Å². The highest BCUT2D eigenvalue weighted by Gasteiger charge is 2.31. The van der Waals surface area contributed by atoms with Gasteiger partial charge in [-0.25, -0.2) is 4.98 Å². The van der Waals surface area contributed by atoms with E-state index in [2.05, 4.69) is 10.2 Å². The van der Waals surface area contributed by atoms with Crippen LogP contribution in [-0.4, -0.2) is 42.1 Å². The lowest BCUT2D eigenvalue weighted by Crippen LogP contribution is -2.39. The van der Waals surface area contributed by atoms with E-state index in [0.29, 0.717) is 23.8 Å². The fourth-order valence-electron chi connectivity index (χ4n) is 4.23. The highest BCUT2D eigenvalue weighted by molar-refractivity contribution is 5.95. The van der Waals surface area contributed by atoms with Gasteiger partial charge in [-0.3, -0.25) is 9.36 Å². The Bertz CT molecular complexity index is 1290. The van der Waals surface area contributed by atoms with Crippen LogP contribution in [0.1, 0.15) is 52.7 Å². The number of amides is 1. The number of carbonyl (C=O) groups excluding carboxylic acids is 1. The number of carbonyl (C=O) groups is 1. The number of nitrogens with zero attached hydrogens (tertiary/aromatic N) is 6. The molecule has 1 saturated heterocycles. The van der Waals surface area contributed by atoms with Crippen LogP contribution in [0.25, 0.3) is 5.69 Å². The van der Waals surface area contributed by atoms with E-state index in [0.717, 1.165) is 42.0 Å². The van der Waals surface area contributed by atoms with Crippen molar-refractivity contribution >= 4 is 5.91 Å². The van der Waals surface area contributed by atoms with E-state index in [1.807, 2.05) is 73.3 Å². The van der Waals surface area contributed by atoms with E-state index in [4.69, 9.17) is 14.7 Å². The molecule has 8 nitrogen and oxygen atoms in total. The third kappa shape index (κ3) is 4.66. The topological polar surface area (TPSA) is 86.0 Å². The van der Waals surface area contributed by atoms with Crippen molar-refractivity contribution in [2.24, 2.45) is 0 Å². The smallest absolute Gasteiger partial charge is 0.254 e. The average molecular weight is 455 g/mol. The van der Waals surface area contributed by atoms with Crippen LogP contribution < -0.4 is 4.74 Å². The maximum Gasteiger partial charge on any atom is 0.254 e. The summed E-state index contributed by atoms with van der Waals surface area (Å²) in [5.41, 5.74) is 3.42. The summed E-state index contributed by atoms with van der Waals surface area (Å²) >= 11 is 0. The lowest BCUT2D eigenvalue weighted by Gasteiger charge is -2.35. The quantitative estimate of drug-likeness (QED) is 0.429. The van der Waals surface area contributed by atoms with E-state index >= 15 is 0 Å². The van der Waals surface area contributed by atoms with Gasteiger partial charge in [-0.1, -0.05) is 23.8 Å². The standard InChI is InChI=1S/C26H26N6O2/c1-18-9-11-22(12-10-18)34-24-14-19(2)29-25(30-24)23-8-3-4-13-32(23)26(33)20-6-5-7-21(15-20)31-16-27-28-17-31/h5-7,9-12,14-17,23H,3-4,8,13H2,1-2H3/t23-/m0/s1. The Balaban J connectivity index is 1.43. The number of ether oxygens (including phenoxy) is 1. The van der Waals surface area contributed by atoms with Crippen molar-refractivity contribution in [1.29, 1.82) is 0 Å². The van der Waals surface area contributed by atoms with E-state index in [1.54, 1.807) is 17.2 Å². The minimum atomic E-state index is -0.208. The Morgan fingerprint density at radius 2 is 1.76 bits per heavy atom. The lowest BCUT2D eigenvalue weighted by atomic mass is 9.99. The van der Waals surface area contributed by atoms with Crippen LogP contribution in [0.15, 0.2) is 67.3 Å². The average Bonchev–Trinajstić information content (AvgIpc) is 3.40. The van der Waals surface area contributed by atoms with E-state index in [9.17, 15) is 4.79 Å². The van der Waals surface area contributed by atoms with Gasteiger partial charge in [0.25, 0.3) is 5.91 Å². The van der Waals surface area contributed by atoms with Crippen LogP contribution in [0.5, 0.6) is 11.6 Å². The molecule has 1 amide bonds. The number of likely N-dealkylation sites (tertiary alicyclic amines) is 1. The van der Waals surface area contributed by atoms with Crippen LogP contribution in [0.3, 0.4) is 0 Å². The van der Waals surface area contributed by atoms with Crippen LogP contribution in [-0.2, 0) is 0 Å². The number of rotatable bonds is 5. The molecule has 0 saturated carbocycles. The predicted molar refractivity (Wildman–Crippen MR) is 127 cm³/mol. The molecule has 0 bridgehead atoms. The molecule has 3 heterocycles. The van der Waals surface area contributed by atoms with Gasteiger partial charge < -0.3 is 9.64 Å². The first-order valence-corrected chi connectivity index (χ1v) is 11.4. The molecule has 8 heteroatoms. The van der Waals surface area contributed by atoms with Gasteiger partial charge in [-0.05, 0) is 63.4 Å². The molecule has 0 radical (unpaired) electrons. The van der Waals surface area contributed by atoms with Gasteiger partial charge in [0.1, 0.15) is 18.4 Å². The van der Waals surface area contributed by atoms with Crippen LogP contribution >= 0.6 is 0 Å². The maximum atomic E-state index is 13.6. The van der Waals surface area contributed by atoms with Crippen molar-refractivity contribution in [3.63, 3.8) is 0 Å². The molecular weight excluding hydrogens is 428 g/mol. The summed E-state index contributed by atoms with van der Waals surface area (Å²) in [5.74, 6) is 1.78. The van der Waals surface area contributed by atoms with Gasteiger partial charge >= 0.3 is 0 Å². The molecule has 1 aliphatic rings. The van der Waals surface area contributed by atoms with Gasteiger partial charge in [-0.2, -0.15) is 4.98 Å². The first-order valence-electron chi connectivity index (χ1n) is 11.4. The van der Waals surface area contributed by atoms with Gasteiger partial charge in [-0.15, -0.1) is 10.2 Å². The largest absolute Gasteiger partial charge is 0.439 e. The third-order valence-electron chi connectivity index (χ3n) is 5.96. The van der Waals surface area contributed by atoms with Crippen molar-refractivity contribution in [2.45, 2.75) is 39.2 Å². The number of aromatic nitrogens is 5. The normalized spacial score (nSPS) is 15.8. The maximum absolute atomic E-state index is 13.6. The van der Waals surface area contributed by atoms with Crippen molar-refractivity contribution in [3.8, 4) is 17.3 Å². The van der Waals surface area contributed by atoms with Crippen molar-refractivity contribution in [2.75, 3.05) is 6.54 Å². The minimum Gasteiger partial charge on any atom is -0.439 e. The highest BCUT2D eigenvalue weighted by Crippen LogP contribution is 2.32. The van der Waals surface area contributed by atoms with Gasteiger partial charge in [0.05, 0.1) is 6.04 Å². The molecule has 0 aliphatic carbocycles. The Morgan fingerprint density at radius 1 is 0.971 bits per heavy atom. The molecule has 34 heavy (non-hydrogen) atoms. The zero-order valence-corrected chi connectivity index (χ0v) is 19.3. The predicted octanol–water partition coefficient (Wildman–Crippen LogP) is 4.83. The lowest BCUT2D eigenvalue weighted by molar-refractivity contribution is 0.0598. The van der Waals surface area contributed by atoms with Crippen LogP contribution in [0.2, 0.25) is 0 Å². The SMILES string of the molecule is Cc1ccc(Oc2cc(C)nc([C@@H]3CCCCN3C(=O)c3cccc(-n4cnnc4)c3)n2)cc1. The first kappa shape index (κ1) is 21.8. The Kier molecular flexibility index (Phi) is 6.03. The molecule has 2 aromatic heterocycles. The molecule has 1 aliphatic heterocycles. The Morgan fingerprint density at radius 3 is 2.56 bits per heavy atom. The Hall–Kier alpha value is -4.07. The summed E-state index contributed by atoms with van der Waals surface area (Å²) in [6, 6.07) is 17.0. The second kappa shape index (κ2) is 9.43. The Labute approximate surface area is 198 Å². The van der Waals surface area contributed by atoms with E-state index in [1.165, 1.54) is 0 Å². The van der Waals surface area contributed by atoms with Gasteiger partial charge in [0.15, 0.2) is 5.82 Å². The second-order valence-electron chi connectivity index (χ2n) is 8.55. The number of aryl methyl sites for hydroxylation is 2. The summed E-state index contributed by atoms with van der Waals surface area (Å²) < 4.78 is 7.79. The molecule has 2 aromatic carbocycles. The fourth-order valence-corrected chi connectivity index (χ4v) is 4.23. The molecule has 0 spiro atoms. The summed E-state index contributed by atoms with van der Waals surface area (Å²) in [4.78, 5) is 24.9. The van der Waals surface area contributed by atoms with Crippen molar-refractivity contribution < 1.29 is 9.53 Å². The number of benzene rings is 2. The number of hydrogen-bond donors (Lipinski definition) is 0. The molecule has 0 unspecified atom stereocenters. The van der Waals surface area contributed by atoms with Crippen LogP contribution in [0, 0.1) is 13.8 Å². The number of hydrogen-bond acceptors (Lipinski definition) is 6. The highest BCUT2D eigenvalue weighted by atomic mass is 16.5. The summed E-state index contributed by atoms with van der Waals surface area (Å²) in [6.45, 7) is 4.62. The van der Waals surface area contributed by atoms with Crippen molar-refractivity contribution in [1.82, 2.24) is 29.6 Å². The molecular formula is C26H26N6O2. The van der Waals surface area contributed by atoms with Crippen molar-refractivity contribution in [3.05, 3.63) is 89.9 Å². The monoisotopic (exact) mass is 454 g/mol. The zero-order valence-electron chi connectivity index (χ0n) is 19.3. The summed E-state index contributed by atoms with van der Waals surface area (Å²) in [5, 5.41) is 7.71. The fraction of sp³-hybridized carbons (Fsp3) is 0.269. The van der Waals surface area contributed by atoms with Crippen LogP contribution in [0.4, 0.5) is 0 Å². The van der Waals surface area contributed by atoms with E-state index < -0.39 is 0 Å². The molecule has 4 aromatic rings. The molecule has 0 N–H and O–H groups in total. The third-order valence-corrected chi connectivity index (χ3v) is 5.96. The van der Waals surface area contributed by atoms with Gasteiger partial charge in [0, 0.05) is 29.6 Å². The summed E-state index contributed by atoms with van der Waals surface area (Å²) in [7, 11) is 0.